The van der Waals surface area contributed by atoms with Crippen molar-refractivity contribution in [2.75, 3.05) is 4.90 Å². The molecule has 22 heavy (non-hydrogen) atoms. The summed E-state index contributed by atoms with van der Waals surface area (Å²) in [7, 11) is 0. The molecule has 1 aliphatic rings. The van der Waals surface area contributed by atoms with E-state index in [1.54, 1.807) is 4.90 Å². The zero-order chi connectivity index (χ0) is 16.7. The lowest BCUT2D eigenvalue weighted by atomic mass is 9.89. The average Bonchev–Trinajstić information content (AvgIpc) is 2.34. The van der Waals surface area contributed by atoms with Crippen molar-refractivity contribution in [2.24, 2.45) is 5.92 Å². The second-order valence-electron chi connectivity index (χ2n) is 7.10. The number of anilines is 1. The monoisotopic (exact) mass is 387 g/mol. The Morgan fingerprint density at radius 2 is 2.05 bits per heavy atom. The molecule has 0 saturated heterocycles. The number of carbonyl (C=O) groups excluding carboxylic acids is 1. The standard InChI is InChI=1S/C17H23BrClNO2/c1-10(2)14-7-6-11-8-12(19)9-13(18)15(11)20(14)16(21)22-17(3,4)5/h8-10,14H,6-7H2,1-5H3. The topological polar surface area (TPSA) is 29.5 Å². The molecule has 0 fully saturated rings. The third-order valence-corrected chi connectivity index (χ3v) is 4.57. The van der Waals surface area contributed by atoms with E-state index in [0.29, 0.717) is 10.9 Å². The normalized spacial score (nSPS) is 18.4. The molecule has 1 heterocycles. The maximum Gasteiger partial charge on any atom is 0.415 e. The van der Waals surface area contributed by atoms with Gasteiger partial charge in [0, 0.05) is 15.5 Å². The van der Waals surface area contributed by atoms with Crippen molar-refractivity contribution in [3.63, 3.8) is 0 Å². The zero-order valence-electron chi connectivity index (χ0n) is 13.7. The van der Waals surface area contributed by atoms with E-state index in [2.05, 4.69) is 29.8 Å². The summed E-state index contributed by atoms with van der Waals surface area (Å²) in [4.78, 5) is 14.6. The fourth-order valence-corrected chi connectivity index (χ4v) is 3.91. The Bertz CT molecular complexity index is 581. The molecule has 0 saturated carbocycles. The smallest absolute Gasteiger partial charge is 0.415 e. The van der Waals surface area contributed by atoms with Crippen LogP contribution in [-0.4, -0.2) is 17.7 Å². The SMILES string of the molecule is CC(C)C1CCc2cc(Cl)cc(Br)c2N1C(=O)OC(C)(C)C. The van der Waals surface area contributed by atoms with E-state index in [1.807, 2.05) is 32.9 Å². The molecule has 0 radical (unpaired) electrons. The molecule has 1 aromatic rings. The molecule has 1 unspecified atom stereocenters. The molecule has 1 atom stereocenters. The fraction of sp³-hybridized carbons (Fsp3) is 0.588. The van der Waals surface area contributed by atoms with Crippen LogP contribution in [0.4, 0.5) is 10.5 Å². The van der Waals surface area contributed by atoms with Gasteiger partial charge >= 0.3 is 6.09 Å². The van der Waals surface area contributed by atoms with Crippen molar-refractivity contribution in [3.05, 3.63) is 27.2 Å². The summed E-state index contributed by atoms with van der Waals surface area (Å²) in [6.07, 6.45) is 1.53. The number of nitrogens with zero attached hydrogens (tertiary/aromatic N) is 1. The lowest BCUT2D eigenvalue weighted by Gasteiger charge is -2.40. The first-order chi connectivity index (χ1) is 10.1. The summed E-state index contributed by atoms with van der Waals surface area (Å²) < 4.78 is 6.47. The molecule has 1 aliphatic heterocycles. The Hall–Kier alpha value is -0.740. The van der Waals surface area contributed by atoms with Gasteiger partial charge in [-0.05, 0) is 73.2 Å². The molecule has 0 bridgehead atoms. The van der Waals surface area contributed by atoms with Crippen molar-refractivity contribution in [1.82, 2.24) is 0 Å². The molecule has 122 valence electrons. The van der Waals surface area contributed by atoms with Gasteiger partial charge in [0.25, 0.3) is 0 Å². The zero-order valence-corrected chi connectivity index (χ0v) is 16.1. The third kappa shape index (κ3) is 3.77. The van der Waals surface area contributed by atoms with E-state index in [0.717, 1.165) is 28.6 Å². The van der Waals surface area contributed by atoms with Gasteiger partial charge in [-0.1, -0.05) is 25.4 Å². The maximum atomic E-state index is 12.8. The van der Waals surface area contributed by atoms with Crippen molar-refractivity contribution < 1.29 is 9.53 Å². The number of rotatable bonds is 1. The summed E-state index contributed by atoms with van der Waals surface area (Å²) in [5.41, 5.74) is 1.46. The second kappa shape index (κ2) is 6.40. The van der Waals surface area contributed by atoms with Gasteiger partial charge < -0.3 is 4.74 Å². The predicted octanol–water partition coefficient (Wildman–Crippen LogP) is 5.81. The van der Waals surface area contributed by atoms with Gasteiger partial charge in [-0.2, -0.15) is 0 Å². The van der Waals surface area contributed by atoms with Crippen LogP contribution < -0.4 is 4.90 Å². The van der Waals surface area contributed by atoms with E-state index < -0.39 is 5.60 Å². The van der Waals surface area contributed by atoms with Gasteiger partial charge in [0.1, 0.15) is 5.60 Å². The number of aryl methyl sites for hydroxylation is 1. The first-order valence-corrected chi connectivity index (χ1v) is 8.77. The molecule has 1 amide bonds. The molecule has 1 aromatic carbocycles. The molecule has 0 spiro atoms. The number of hydrogen-bond acceptors (Lipinski definition) is 2. The summed E-state index contributed by atoms with van der Waals surface area (Å²) in [5.74, 6) is 0.350. The molecule has 0 N–H and O–H groups in total. The third-order valence-electron chi connectivity index (χ3n) is 3.75. The van der Waals surface area contributed by atoms with Crippen LogP contribution in [0.5, 0.6) is 0 Å². The Morgan fingerprint density at radius 1 is 1.41 bits per heavy atom. The Morgan fingerprint density at radius 3 is 2.59 bits per heavy atom. The highest BCUT2D eigenvalue weighted by Gasteiger charge is 2.37. The minimum Gasteiger partial charge on any atom is -0.443 e. The number of carbonyl (C=O) groups is 1. The molecular weight excluding hydrogens is 366 g/mol. The number of benzene rings is 1. The van der Waals surface area contributed by atoms with Gasteiger partial charge in [0.15, 0.2) is 0 Å². The largest absolute Gasteiger partial charge is 0.443 e. The second-order valence-corrected chi connectivity index (χ2v) is 8.39. The van der Waals surface area contributed by atoms with Crippen LogP contribution in [0.2, 0.25) is 5.02 Å². The van der Waals surface area contributed by atoms with Gasteiger partial charge in [-0.3, -0.25) is 4.90 Å². The van der Waals surface area contributed by atoms with Gasteiger partial charge in [0.2, 0.25) is 0 Å². The van der Waals surface area contributed by atoms with E-state index in [4.69, 9.17) is 16.3 Å². The number of hydrogen-bond donors (Lipinski definition) is 0. The molecule has 2 rings (SSSR count). The van der Waals surface area contributed by atoms with Crippen molar-refractivity contribution in [3.8, 4) is 0 Å². The minimum atomic E-state index is -0.519. The molecule has 0 aliphatic carbocycles. The lowest BCUT2D eigenvalue weighted by molar-refractivity contribution is 0.0550. The Balaban J connectivity index is 2.49. The molecule has 3 nitrogen and oxygen atoms in total. The average molecular weight is 389 g/mol. The molecule has 5 heteroatoms. The maximum absolute atomic E-state index is 12.8. The van der Waals surface area contributed by atoms with Crippen LogP contribution in [0.3, 0.4) is 0 Å². The number of halogens is 2. The highest BCUT2D eigenvalue weighted by molar-refractivity contribution is 9.10. The van der Waals surface area contributed by atoms with E-state index >= 15 is 0 Å². The van der Waals surface area contributed by atoms with Crippen LogP contribution >= 0.6 is 27.5 Å². The summed E-state index contributed by atoms with van der Waals surface area (Å²) in [6.45, 7) is 9.93. The first-order valence-electron chi connectivity index (χ1n) is 7.60. The summed E-state index contributed by atoms with van der Waals surface area (Å²) >= 11 is 9.71. The summed E-state index contributed by atoms with van der Waals surface area (Å²) in [5, 5.41) is 0.678. The minimum absolute atomic E-state index is 0.125. The van der Waals surface area contributed by atoms with E-state index in [-0.39, 0.29) is 12.1 Å². The van der Waals surface area contributed by atoms with Crippen LogP contribution in [0.25, 0.3) is 0 Å². The molecular formula is C17H23BrClNO2. The number of amides is 1. The van der Waals surface area contributed by atoms with Gasteiger partial charge in [0.05, 0.1) is 5.69 Å². The number of ether oxygens (including phenoxy) is 1. The highest BCUT2D eigenvalue weighted by atomic mass is 79.9. The van der Waals surface area contributed by atoms with Crippen LogP contribution in [0.15, 0.2) is 16.6 Å². The van der Waals surface area contributed by atoms with Crippen LogP contribution in [0.1, 0.15) is 46.6 Å². The quantitative estimate of drug-likeness (QED) is 0.607. The van der Waals surface area contributed by atoms with Crippen molar-refractivity contribution in [1.29, 1.82) is 0 Å². The predicted molar refractivity (Wildman–Crippen MR) is 94.8 cm³/mol. The summed E-state index contributed by atoms with van der Waals surface area (Å²) in [6, 6.07) is 3.90. The number of fused-ring (bicyclic) bond motifs is 1. The van der Waals surface area contributed by atoms with Gasteiger partial charge in [-0.15, -0.1) is 0 Å². The first kappa shape index (κ1) is 17.6. The van der Waals surface area contributed by atoms with Crippen molar-refractivity contribution >= 4 is 39.3 Å². The van der Waals surface area contributed by atoms with Crippen molar-refractivity contribution in [2.45, 2.75) is 59.1 Å². The van der Waals surface area contributed by atoms with Gasteiger partial charge in [-0.25, -0.2) is 4.79 Å². The molecule has 0 aromatic heterocycles. The lowest BCUT2D eigenvalue weighted by Crippen LogP contribution is -2.48. The van der Waals surface area contributed by atoms with Crippen LogP contribution in [-0.2, 0) is 11.2 Å². The Labute approximate surface area is 146 Å². The highest BCUT2D eigenvalue weighted by Crippen LogP contribution is 2.41. The van der Waals surface area contributed by atoms with E-state index in [9.17, 15) is 4.79 Å². The fourth-order valence-electron chi connectivity index (χ4n) is 2.85. The Kier molecular flexibility index (Phi) is 5.13. The van der Waals surface area contributed by atoms with E-state index in [1.165, 1.54) is 0 Å². The van der Waals surface area contributed by atoms with Crippen LogP contribution in [0, 0.1) is 5.92 Å².